The second-order valence-corrected chi connectivity index (χ2v) is 7.63. The fraction of sp³-hybridized carbons (Fsp3) is 0.941. The van der Waals surface area contributed by atoms with E-state index >= 15 is 0 Å². The topological polar surface area (TPSA) is 59.0 Å². The lowest BCUT2D eigenvalue weighted by molar-refractivity contribution is -0.0167. The van der Waals surface area contributed by atoms with Gasteiger partial charge in [-0.3, -0.25) is 0 Å². The molecule has 5 heteroatoms. The van der Waals surface area contributed by atoms with Gasteiger partial charge in [-0.25, -0.2) is 4.79 Å². The predicted octanol–water partition coefficient (Wildman–Crippen LogP) is 3.06. The standard InChI is InChI=1S/C17H33NO4/c1-13(2)7-10-21-11-8-14-12-18(9-6-15(14)19)16(20)22-17(3,4)5/h13-15,19H,6-12H2,1-5H3. The van der Waals surface area contributed by atoms with Crippen LogP contribution in [0, 0.1) is 11.8 Å². The van der Waals surface area contributed by atoms with Crippen LogP contribution in [0.15, 0.2) is 0 Å². The molecule has 1 aliphatic rings. The molecule has 0 radical (unpaired) electrons. The van der Waals surface area contributed by atoms with Crippen molar-refractivity contribution in [3.8, 4) is 0 Å². The number of likely N-dealkylation sites (tertiary alicyclic amines) is 1. The van der Waals surface area contributed by atoms with Crippen LogP contribution in [0.3, 0.4) is 0 Å². The number of amides is 1. The van der Waals surface area contributed by atoms with Crippen LogP contribution >= 0.6 is 0 Å². The zero-order valence-corrected chi connectivity index (χ0v) is 14.8. The lowest BCUT2D eigenvalue weighted by Gasteiger charge is -2.37. The first kappa shape index (κ1) is 19.2. The highest BCUT2D eigenvalue weighted by molar-refractivity contribution is 5.68. The molecule has 5 nitrogen and oxygen atoms in total. The van der Waals surface area contributed by atoms with Gasteiger partial charge in [0.25, 0.3) is 0 Å². The number of carbonyl (C=O) groups is 1. The SMILES string of the molecule is CC(C)CCOCCC1CN(C(=O)OC(C)(C)C)CCC1O. The molecule has 22 heavy (non-hydrogen) atoms. The van der Waals surface area contributed by atoms with Crippen molar-refractivity contribution < 1.29 is 19.4 Å². The highest BCUT2D eigenvalue weighted by Crippen LogP contribution is 2.22. The van der Waals surface area contributed by atoms with Crippen molar-refractivity contribution in [3.05, 3.63) is 0 Å². The Morgan fingerprint density at radius 3 is 2.59 bits per heavy atom. The maximum absolute atomic E-state index is 12.1. The van der Waals surface area contributed by atoms with Crippen molar-refractivity contribution in [1.82, 2.24) is 4.90 Å². The molecule has 2 unspecified atom stereocenters. The van der Waals surface area contributed by atoms with Gasteiger partial charge >= 0.3 is 6.09 Å². The van der Waals surface area contributed by atoms with Crippen LogP contribution in [0.4, 0.5) is 4.79 Å². The van der Waals surface area contributed by atoms with E-state index in [0.29, 0.717) is 32.0 Å². The number of piperidine rings is 1. The van der Waals surface area contributed by atoms with E-state index in [1.165, 1.54) is 0 Å². The smallest absolute Gasteiger partial charge is 0.410 e. The van der Waals surface area contributed by atoms with Crippen LogP contribution in [0.5, 0.6) is 0 Å². The molecule has 1 N–H and O–H groups in total. The third-order valence-electron chi connectivity index (χ3n) is 3.82. The van der Waals surface area contributed by atoms with Crippen LogP contribution < -0.4 is 0 Å². The van der Waals surface area contributed by atoms with Crippen molar-refractivity contribution in [2.45, 2.75) is 65.6 Å². The molecule has 1 aliphatic heterocycles. The zero-order chi connectivity index (χ0) is 16.8. The number of rotatable bonds is 6. The molecule has 1 fully saturated rings. The van der Waals surface area contributed by atoms with E-state index in [2.05, 4.69) is 13.8 Å². The molecule has 0 aromatic carbocycles. The summed E-state index contributed by atoms with van der Waals surface area (Å²) < 4.78 is 11.0. The highest BCUT2D eigenvalue weighted by Gasteiger charge is 2.32. The van der Waals surface area contributed by atoms with Crippen molar-refractivity contribution in [3.63, 3.8) is 0 Å². The van der Waals surface area contributed by atoms with Crippen LogP contribution in [0.2, 0.25) is 0 Å². The third-order valence-corrected chi connectivity index (χ3v) is 3.82. The van der Waals surface area contributed by atoms with Gasteiger partial charge in [0.2, 0.25) is 0 Å². The van der Waals surface area contributed by atoms with E-state index in [4.69, 9.17) is 9.47 Å². The summed E-state index contributed by atoms with van der Waals surface area (Å²) in [6.07, 6.45) is 1.80. The minimum Gasteiger partial charge on any atom is -0.444 e. The summed E-state index contributed by atoms with van der Waals surface area (Å²) in [5, 5.41) is 10.1. The number of nitrogens with zero attached hydrogens (tertiary/aromatic N) is 1. The Morgan fingerprint density at radius 1 is 1.32 bits per heavy atom. The number of carbonyl (C=O) groups excluding carboxylic acids is 1. The van der Waals surface area contributed by atoms with E-state index in [0.717, 1.165) is 19.4 Å². The summed E-state index contributed by atoms with van der Waals surface area (Å²) in [6.45, 7) is 12.4. The van der Waals surface area contributed by atoms with E-state index in [1.54, 1.807) is 4.90 Å². The number of hydrogen-bond acceptors (Lipinski definition) is 4. The van der Waals surface area contributed by atoms with Gasteiger partial charge in [-0.1, -0.05) is 13.8 Å². The van der Waals surface area contributed by atoms with E-state index in [1.807, 2.05) is 20.8 Å². The van der Waals surface area contributed by atoms with Crippen molar-refractivity contribution in [2.75, 3.05) is 26.3 Å². The van der Waals surface area contributed by atoms with Gasteiger partial charge in [0.1, 0.15) is 5.60 Å². The molecule has 0 saturated carbocycles. The molecule has 1 amide bonds. The quantitative estimate of drug-likeness (QED) is 0.765. The van der Waals surface area contributed by atoms with E-state index in [-0.39, 0.29) is 18.1 Å². The largest absolute Gasteiger partial charge is 0.444 e. The molecular weight excluding hydrogens is 282 g/mol. The Labute approximate surface area is 135 Å². The third kappa shape index (κ3) is 7.45. The van der Waals surface area contributed by atoms with Crippen LogP contribution in [-0.4, -0.2) is 54.1 Å². The number of hydrogen-bond donors (Lipinski definition) is 1. The predicted molar refractivity (Wildman–Crippen MR) is 86.8 cm³/mol. The number of ether oxygens (including phenoxy) is 2. The molecule has 130 valence electrons. The Balaban J connectivity index is 2.35. The molecule has 0 aromatic rings. The molecule has 0 bridgehead atoms. The minimum atomic E-state index is -0.484. The number of aliphatic hydroxyl groups is 1. The minimum absolute atomic E-state index is 0.0697. The molecule has 2 atom stereocenters. The first-order valence-corrected chi connectivity index (χ1v) is 8.43. The van der Waals surface area contributed by atoms with Gasteiger partial charge in [0.05, 0.1) is 6.10 Å². The Hall–Kier alpha value is -0.810. The monoisotopic (exact) mass is 315 g/mol. The molecule has 0 aromatic heterocycles. The van der Waals surface area contributed by atoms with Crippen LogP contribution in [0.1, 0.15) is 53.9 Å². The fourth-order valence-electron chi connectivity index (χ4n) is 2.45. The Morgan fingerprint density at radius 2 is 2.00 bits per heavy atom. The van der Waals surface area contributed by atoms with Gasteiger partial charge < -0.3 is 19.5 Å². The average Bonchev–Trinajstić information content (AvgIpc) is 2.37. The summed E-state index contributed by atoms with van der Waals surface area (Å²) in [7, 11) is 0. The van der Waals surface area contributed by atoms with Crippen LogP contribution in [0.25, 0.3) is 0 Å². The highest BCUT2D eigenvalue weighted by atomic mass is 16.6. The second-order valence-electron chi connectivity index (χ2n) is 7.63. The van der Waals surface area contributed by atoms with Crippen molar-refractivity contribution in [1.29, 1.82) is 0 Å². The Kier molecular flexibility index (Phi) is 7.63. The zero-order valence-electron chi connectivity index (χ0n) is 14.8. The normalized spacial score (nSPS) is 23.0. The first-order chi connectivity index (χ1) is 10.2. The van der Waals surface area contributed by atoms with Gasteiger partial charge in [-0.05, 0) is 46.0 Å². The fourth-order valence-corrected chi connectivity index (χ4v) is 2.45. The summed E-state index contributed by atoms with van der Waals surface area (Å²) in [5.74, 6) is 0.711. The summed E-state index contributed by atoms with van der Waals surface area (Å²) in [5.41, 5.74) is -0.484. The van der Waals surface area contributed by atoms with Gasteiger partial charge in [0, 0.05) is 32.2 Å². The average molecular weight is 315 g/mol. The molecule has 0 aliphatic carbocycles. The number of aliphatic hydroxyl groups excluding tert-OH is 1. The van der Waals surface area contributed by atoms with Crippen molar-refractivity contribution in [2.24, 2.45) is 11.8 Å². The Bertz CT molecular complexity index is 338. The van der Waals surface area contributed by atoms with E-state index in [9.17, 15) is 9.90 Å². The maximum atomic E-state index is 12.1. The molecule has 1 heterocycles. The van der Waals surface area contributed by atoms with Gasteiger partial charge in [-0.2, -0.15) is 0 Å². The lowest BCUT2D eigenvalue weighted by atomic mass is 9.92. The molecule has 1 rings (SSSR count). The second kappa shape index (κ2) is 8.73. The summed E-state index contributed by atoms with van der Waals surface area (Å²) in [4.78, 5) is 13.8. The molecular formula is C17H33NO4. The maximum Gasteiger partial charge on any atom is 0.410 e. The van der Waals surface area contributed by atoms with Crippen molar-refractivity contribution >= 4 is 6.09 Å². The lowest BCUT2D eigenvalue weighted by Crippen LogP contribution is -2.47. The van der Waals surface area contributed by atoms with Crippen LogP contribution in [-0.2, 0) is 9.47 Å². The first-order valence-electron chi connectivity index (χ1n) is 8.43. The van der Waals surface area contributed by atoms with E-state index < -0.39 is 5.60 Å². The summed E-state index contributed by atoms with van der Waals surface area (Å²) >= 11 is 0. The molecule has 0 spiro atoms. The van der Waals surface area contributed by atoms with Gasteiger partial charge in [-0.15, -0.1) is 0 Å². The summed E-state index contributed by atoms with van der Waals surface area (Å²) in [6, 6.07) is 0. The van der Waals surface area contributed by atoms with Gasteiger partial charge in [0.15, 0.2) is 0 Å². The molecule has 1 saturated heterocycles.